The second kappa shape index (κ2) is 7.79. The smallest absolute Gasteiger partial charge is 0.141 e. The van der Waals surface area contributed by atoms with Gasteiger partial charge in [0.05, 0.1) is 12.8 Å². The Morgan fingerprint density at radius 3 is 2.62 bits per heavy atom. The number of hydrogen-bond donors (Lipinski definition) is 2. The third kappa shape index (κ3) is 4.96. The lowest BCUT2D eigenvalue weighted by molar-refractivity contribution is 0.271. The quantitative estimate of drug-likeness (QED) is 0.596. The minimum absolute atomic E-state index is 0.0165. The molecule has 4 nitrogen and oxygen atoms in total. The molecule has 0 heterocycles. The summed E-state index contributed by atoms with van der Waals surface area (Å²) >= 11 is 0. The van der Waals surface area contributed by atoms with E-state index in [4.69, 9.17) is 4.84 Å². The fraction of sp³-hybridized carbons (Fsp3) is 0.250. The number of nitrogens with zero attached hydrogens (tertiary/aromatic N) is 1. The van der Waals surface area contributed by atoms with E-state index in [-0.39, 0.29) is 11.2 Å². The second-order valence-corrected chi connectivity index (χ2v) is 6.52. The van der Waals surface area contributed by atoms with Crippen molar-refractivity contribution in [1.29, 1.82) is 0 Å². The zero-order valence-corrected chi connectivity index (χ0v) is 14.6. The molecule has 0 saturated carbocycles. The van der Waals surface area contributed by atoms with Gasteiger partial charge in [-0.1, -0.05) is 45.0 Å². The first-order chi connectivity index (χ1) is 11.4. The first-order valence-corrected chi connectivity index (χ1v) is 7.83. The Bertz CT molecular complexity index is 744. The maximum Gasteiger partial charge on any atom is 0.141 e. The third-order valence-corrected chi connectivity index (χ3v) is 3.54. The number of phenolic OH excluding ortho intramolecular Hbond substituents is 1. The zero-order valence-electron chi connectivity index (χ0n) is 14.6. The molecule has 0 bridgehead atoms. The van der Waals surface area contributed by atoms with E-state index in [0.717, 1.165) is 16.8 Å². The molecule has 2 aromatic rings. The lowest BCUT2D eigenvalue weighted by Crippen LogP contribution is -2.10. The Balaban J connectivity index is 2.12. The van der Waals surface area contributed by atoms with Crippen LogP contribution >= 0.6 is 0 Å². The van der Waals surface area contributed by atoms with Gasteiger partial charge < -0.3 is 5.11 Å². The number of benzene rings is 2. The average Bonchev–Trinajstić information content (AvgIpc) is 2.53. The van der Waals surface area contributed by atoms with Gasteiger partial charge in [0.15, 0.2) is 0 Å². The van der Waals surface area contributed by atoms with Crippen LogP contribution in [0, 0.1) is 0 Å². The minimum atomic E-state index is 0.0165. The lowest BCUT2D eigenvalue weighted by Gasteiger charge is -2.19. The van der Waals surface area contributed by atoms with Crippen molar-refractivity contribution in [2.24, 2.45) is 4.99 Å². The molecule has 0 atom stereocenters. The molecule has 0 aliphatic carbocycles. The first-order valence-electron chi connectivity index (χ1n) is 7.83. The molecule has 0 amide bonds. The van der Waals surface area contributed by atoms with Crippen molar-refractivity contribution < 1.29 is 9.94 Å². The summed E-state index contributed by atoms with van der Waals surface area (Å²) in [6, 6.07) is 13.4. The van der Waals surface area contributed by atoms with Crippen molar-refractivity contribution in [2.75, 3.05) is 12.6 Å². The van der Waals surface area contributed by atoms with Crippen molar-refractivity contribution in [3.8, 4) is 5.75 Å². The second-order valence-electron chi connectivity index (χ2n) is 6.52. The van der Waals surface area contributed by atoms with Gasteiger partial charge in [-0.05, 0) is 46.9 Å². The summed E-state index contributed by atoms with van der Waals surface area (Å²) in [6.45, 7) is 6.40. The first kappa shape index (κ1) is 17.8. The summed E-state index contributed by atoms with van der Waals surface area (Å²) in [5, 5.41) is 9.95. The molecule has 0 saturated heterocycles. The van der Waals surface area contributed by atoms with Crippen LogP contribution in [0.4, 0.5) is 11.4 Å². The summed E-state index contributed by atoms with van der Waals surface area (Å²) < 4.78 is 0. The van der Waals surface area contributed by atoms with E-state index in [9.17, 15) is 5.11 Å². The number of allylic oxidation sites excluding steroid dienone is 1. The molecular weight excluding hydrogens is 300 g/mol. The van der Waals surface area contributed by atoms with Crippen LogP contribution < -0.4 is 5.48 Å². The zero-order chi connectivity index (χ0) is 17.6. The van der Waals surface area contributed by atoms with Gasteiger partial charge in [-0.25, -0.2) is 0 Å². The summed E-state index contributed by atoms with van der Waals surface area (Å²) in [5.41, 5.74) is 6.42. The van der Waals surface area contributed by atoms with Crippen molar-refractivity contribution in [1.82, 2.24) is 0 Å². The van der Waals surface area contributed by atoms with Gasteiger partial charge in [-0.15, -0.1) is 0 Å². The van der Waals surface area contributed by atoms with E-state index < -0.39 is 0 Å². The molecule has 0 spiro atoms. The Morgan fingerprint density at radius 1 is 1.12 bits per heavy atom. The van der Waals surface area contributed by atoms with Crippen LogP contribution in [0.1, 0.15) is 31.9 Å². The predicted molar refractivity (Wildman–Crippen MR) is 101 cm³/mol. The van der Waals surface area contributed by atoms with Crippen molar-refractivity contribution in [3.05, 3.63) is 59.7 Å². The normalized spacial score (nSPS) is 12.2. The van der Waals surface area contributed by atoms with Crippen molar-refractivity contribution >= 4 is 23.7 Å². The van der Waals surface area contributed by atoms with Gasteiger partial charge in [-0.3, -0.25) is 15.3 Å². The van der Waals surface area contributed by atoms with Crippen LogP contribution in [-0.4, -0.2) is 18.4 Å². The number of hydrogen-bond acceptors (Lipinski definition) is 4. The van der Waals surface area contributed by atoms with Gasteiger partial charge in [0.2, 0.25) is 0 Å². The summed E-state index contributed by atoms with van der Waals surface area (Å²) in [5.74, 6) is 0.180. The number of aromatic hydroxyl groups is 1. The average molecular weight is 324 g/mol. The highest BCUT2D eigenvalue weighted by Crippen LogP contribution is 2.32. The van der Waals surface area contributed by atoms with Gasteiger partial charge in [0.1, 0.15) is 11.4 Å². The molecule has 2 rings (SSSR count). The van der Waals surface area contributed by atoms with Gasteiger partial charge in [0.25, 0.3) is 0 Å². The van der Waals surface area contributed by atoms with E-state index in [1.165, 1.54) is 0 Å². The summed E-state index contributed by atoms with van der Waals surface area (Å²) in [6.07, 6.45) is 5.46. The number of rotatable bonds is 5. The van der Waals surface area contributed by atoms with Crippen LogP contribution in [0.3, 0.4) is 0 Å². The number of anilines is 1. The highest BCUT2D eigenvalue weighted by molar-refractivity contribution is 5.81. The van der Waals surface area contributed by atoms with Crippen molar-refractivity contribution in [2.45, 2.75) is 26.2 Å². The molecule has 4 heteroatoms. The van der Waals surface area contributed by atoms with Crippen LogP contribution in [-0.2, 0) is 10.3 Å². The third-order valence-electron chi connectivity index (χ3n) is 3.54. The van der Waals surface area contributed by atoms with E-state index >= 15 is 0 Å². The van der Waals surface area contributed by atoms with Crippen LogP contribution in [0.5, 0.6) is 5.75 Å². The molecule has 0 aromatic heterocycles. The molecule has 2 aromatic carbocycles. The van der Waals surface area contributed by atoms with E-state index in [1.54, 1.807) is 19.4 Å². The van der Waals surface area contributed by atoms with E-state index in [0.29, 0.717) is 5.69 Å². The Kier molecular flexibility index (Phi) is 5.77. The molecule has 0 fully saturated rings. The summed E-state index contributed by atoms with van der Waals surface area (Å²) in [4.78, 5) is 9.24. The number of aliphatic imine (C=N–C) groups is 1. The highest BCUT2D eigenvalue weighted by atomic mass is 16.6. The standard InChI is InChI=1S/C20H24N2O2/c1-20(2,3)16-10-11-19(23)18(14-16)21-12-6-8-15-7-5-9-17(13-15)22-24-4/h5-14,22-23H,1-4H3/b8-6+,21-12?. The molecule has 0 unspecified atom stereocenters. The Hall–Kier alpha value is -2.59. The fourth-order valence-corrected chi connectivity index (χ4v) is 2.19. The molecular formula is C20H24N2O2. The Morgan fingerprint density at radius 2 is 1.92 bits per heavy atom. The number of phenols is 1. The van der Waals surface area contributed by atoms with Gasteiger partial charge in [0, 0.05) is 6.21 Å². The molecule has 24 heavy (non-hydrogen) atoms. The fourth-order valence-electron chi connectivity index (χ4n) is 2.19. The highest BCUT2D eigenvalue weighted by Gasteiger charge is 2.14. The molecule has 0 radical (unpaired) electrons. The lowest BCUT2D eigenvalue weighted by atomic mass is 9.87. The van der Waals surface area contributed by atoms with Crippen LogP contribution in [0.25, 0.3) is 6.08 Å². The molecule has 2 N–H and O–H groups in total. The molecule has 126 valence electrons. The van der Waals surface area contributed by atoms with E-state index in [2.05, 4.69) is 31.2 Å². The monoisotopic (exact) mass is 324 g/mol. The largest absolute Gasteiger partial charge is 0.506 e. The topological polar surface area (TPSA) is 53.8 Å². The maximum atomic E-state index is 9.95. The molecule has 0 aliphatic rings. The predicted octanol–water partition coefficient (Wildman–Crippen LogP) is 5.08. The minimum Gasteiger partial charge on any atom is -0.506 e. The molecule has 0 aliphatic heterocycles. The van der Waals surface area contributed by atoms with Gasteiger partial charge in [-0.2, -0.15) is 0 Å². The van der Waals surface area contributed by atoms with Gasteiger partial charge >= 0.3 is 0 Å². The van der Waals surface area contributed by atoms with Crippen LogP contribution in [0.15, 0.2) is 53.5 Å². The Labute approximate surface area is 143 Å². The summed E-state index contributed by atoms with van der Waals surface area (Å²) in [7, 11) is 1.58. The van der Waals surface area contributed by atoms with E-state index in [1.807, 2.05) is 48.6 Å². The maximum absolute atomic E-state index is 9.95. The van der Waals surface area contributed by atoms with Crippen molar-refractivity contribution in [3.63, 3.8) is 0 Å². The van der Waals surface area contributed by atoms with Crippen LogP contribution in [0.2, 0.25) is 0 Å². The SMILES string of the molecule is CONc1cccc(/C=C/C=Nc2cc(C(C)(C)C)ccc2O)c1. The number of nitrogens with one attached hydrogen (secondary N) is 1.